The molecule has 4 heteroatoms. The molecule has 4 nitrogen and oxygen atoms in total. The summed E-state index contributed by atoms with van der Waals surface area (Å²) < 4.78 is 12.2. The van der Waals surface area contributed by atoms with Crippen LogP contribution in [-0.4, -0.2) is 0 Å². The molecule has 4 N–H and O–H groups in total. The molecule has 0 bridgehead atoms. The van der Waals surface area contributed by atoms with E-state index in [1.807, 2.05) is 54.6 Å². The van der Waals surface area contributed by atoms with Gasteiger partial charge in [0.1, 0.15) is 23.0 Å². The first-order valence-electron chi connectivity index (χ1n) is 9.87. The fourth-order valence-corrected chi connectivity index (χ4v) is 3.81. The van der Waals surface area contributed by atoms with E-state index in [1.165, 1.54) is 37.7 Å². The zero-order valence-electron chi connectivity index (χ0n) is 15.9. The zero-order valence-corrected chi connectivity index (χ0v) is 15.9. The largest absolute Gasteiger partial charge is 0.457 e. The van der Waals surface area contributed by atoms with Crippen LogP contribution in [0.15, 0.2) is 66.7 Å². The Balaban J connectivity index is 1.65. The number of nitrogen functional groups attached to an aromatic ring is 2. The Hall–Kier alpha value is -3.14. The Kier molecular flexibility index (Phi) is 5.38. The van der Waals surface area contributed by atoms with Crippen LogP contribution in [0.2, 0.25) is 0 Å². The molecule has 0 amide bonds. The maximum Gasteiger partial charge on any atom is 0.131 e. The second kappa shape index (κ2) is 8.26. The van der Waals surface area contributed by atoms with E-state index in [4.69, 9.17) is 20.9 Å². The molecule has 0 heterocycles. The lowest BCUT2D eigenvalue weighted by Gasteiger charge is -2.23. The van der Waals surface area contributed by atoms with E-state index in [9.17, 15) is 0 Å². The molecule has 1 fully saturated rings. The summed E-state index contributed by atoms with van der Waals surface area (Å²) in [6.07, 6.45) is 6.29. The van der Waals surface area contributed by atoms with Gasteiger partial charge >= 0.3 is 0 Å². The van der Waals surface area contributed by atoms with Crippen LogP contribution in [0.5, 0.6) is 23.0 Å². The van der Waals surface area contributed by atoms with Crippen molar-refractivity contribution >= 4 is 11.4 Å². The Labute approximate surface area is 166 Å². The highest BCUT2D eigenvalue weighted by Gasteiger charge is 2.18. The van der Waals surface area contributed by atoms with Gasteiger partial charge in [0, 0.05) is 29.6 Å². The summed E-state index contributed by atoms with van der Waals surface area (Å²) in [6.45, 7) is 0. The lowest BCUT2D eigenvalue weighted by atomic mass is 9.84. The van der Waals surface area contributed by atoms with Crippen LogP contribution >= 0.6 is 0 Å². The summed E-state index contributed by atoms with van der Waals surface area (Å²) >= 11 is 0. The smallest absolute Gasteiger partial charge is 0.131 e. The van der Waals surface area contributed by atoms with E-state index >= 15 is 0 Å². The van der Waals surface area contributed by atoms with Gasteiger partial charge in [-0.2, -0.15) is 0 Å². The number of ether oxygens (including phenoxy) is 2. The molecule has 1 aliphatic rings. The highest BCUT2D eigenvalue weighted by Crippen LogP contribution is 2.38. The van der Waals surface area contributed by atoms with Crippen LogP contribution in [-0.2, 0) is 0 Å². The van der Waals surface area contributed by atoms with Gasteiger partial charge in [0.05, 0.1) is 0 Å². The maximum atomic E-state index is 6.11. The molecule has 1 saturated carbocycles. The number of hydrogen-bond donors (Lipinski definition) is 2. The van der Waals surface area contributed by atoms with Crippen molar-refractivity contribution in [1.29, 1.82) is 0 Å². The molecule has 0 atom stereocenters. The van der Waals surface area contributed by atoms with E-state index < -0.39 is 0 Å². The molecule has 0 unspecified atom stereocenters. The van der Waals surface area contributed by atoms with Gasteiger partial charge in [0.2, 0.25) is 0 Å². The standard InChI is InChI=1S/C24H26N2O2/c25-19-8-4-10-21(14-19)27-23-12-18(17-6-2-1-3-7-17)13-24(16-23)28-22-11-5-9-20(26)15-22/h4-5,8-17H,1-3,6-7,25-26H2. The minimum absolute atomic E-state index is 0.543. The Bertz CT molecular complexity index is 883. The quantitative estimate of drug-likeness (QED) is 0.501. The molecule has 0 aromatic heterocycles. The number of benzene rings is 3. The van der Waals surface area contributed by atoms with Crippen molar-refractivity contribution < 1.29 is 9.47 Å². The van der Waals surface area contributed by atoms with Crippen molar-refractivity contribution in [3.05, 3.63) is 72.3 Å². The minimum Gasteiger partial charge on any atom is -0.457 e. The second-order valence-electron chi connectivity index (χ2n) is 7.42. The summed E-state index contributed by atoms with van der Waals surface area (Å²) in [5.74, 6) is 3.49. The molecule has 0 spiro atoms. The van der Waals surface area contributed by atoms with Crippen LogP contribution in [0.25, 0.3) is 0 Å². The van der Waals surface area contributed by atoms with Crippen molar-refractivity contribution in [2.24, 2.45) is 0 Å². The first-order valence-corrected chi connectivity index (χ1v) is 9.87. The maximum absolute atomic E-state index is 6.11. The van der Waals surface area contributed by atoms with Crippen LogP contribution in [0.3, 0.4) is 0 Å². The number of nitrogens with two attached hydrogens (primary N) is 2. The van der Waals surface area contributed by atoms with E-state index in [1.54, 1.807) is 0 Å². The fraction of sp³-hybridized carbons (Fsp3) is 0.250. The zero-order chi connectivity index (χ0) is 19.3. The predicted molar refractivity (Wildman–Crippen MR) is 114 cm³/mol. The third-order valence-electron chi connectivity index (χ3n) is 5.17. The Morgan fingerprint density at radius 1 is 0.607 bits per heavy atom. The first kappa shape index (κ1) is 18.2. The summed E-state index contributed by atoms with van der Waals surface area (Å²) in [7, 11) is 0. The van der Waals surface area contributed by atoms with Crippen molar-refractivity contribution in [2.45, 2.75) is 38.0 Å². The van der Waals surface area contributed by atoms with Crippen molar-refractivity contribution in [1.82, 2.24) is 0 Å². The van der Waals surface area contributed by atoms with Gasteiger partial charge in [0.25, 0.3) is 0 Å². The molecule has 144 valence electrons. The Morgan fingerprint density at radius 2 is 1.14 bits per heavy atom. The van der Waals surface area contributed by atoms with Gasteiger partial charge in [-0.3, -0.25) is 0 Å². The molecule has 0 aliphatic heterocycles. The monoisotopic (exact) mass is 374 g/mol. The summed E-state index contributed by atoms with van der Waals surface area (Å²) in [4.78, 5) is 0. The summed E-state index contributed by atoms with van der Waals surface area (Å²) in [5.41, 5.74) is 14.4. The molecule has 3 aromatic rings. The topological polar surface area (TPSA) is 70.5 Å². The van der Waals surface area contributed by atoms with Gasteiger partial charge in [-0.15, -0.1) is 0 Å². The van der Waals surface area contributed by atoms with E-state index in [0.717, 1.165) is 23.0 Å². The third-order valence-corrected chi connectivity index (χ3v) is 5.17. The molecule has 4 rings (SSSR count). The lowest BCUT2D eigenvalue weighted by molar-refractivity contribution is 0.432. The lowest BCUT2D eigenvalue weighted by Crippen LogP contribution is -2.05. The van der Waals surface area contributed by atoms with Crippen molar-refractivity contribution in [3.63, 3.8) is 0 Å². The van der Waals surface area contributed by atoms with Crippen molar-refractivity contribution in [3.8, 4) is 23.0 Å². The molecule has 0 radical (unpaired) electrons. The average molecular weight is 374 g/mol. The third kappa shape index (κ3) is 4.58. The van der Waals surface area contributed by atoms with Gasteiger partial charge in [-0.1, -0.05) is 31.4 Å². The summed E-state index contributed by atoms with van der Waals surface area (Å²) in [5, 5.41) is 0. The van der Waals surface area contributed by atoms with Crippen LogP contribution in [0, 0.1) is 0 Å². The molecule has 3 aromatic carbocycles. The predicted octanol–water partition coefficient (Wildman–Crippen LogP) is 6.48. The molecular weight excluding hydrogens is 348 g/mol. The fourth-order valence-electron chi connectivity index (χ4n) is 3.81. The van der Waals surface area contributed by atoms with Gasteiger partial charge in [-0.25, -0.2) is 0 Å². The van der Waals surface area contributed by atoms with Gasteiger partial charge < -0.3 is 20.9 Å². The molecular formula is C24H26N2O2. The molecule has 0 saturated heterocycles. The molecule has 28 heavy (non-hydrogen) atoms. The minimum atomic E-state index is 0.543. The van der Waals surface area contributed by atoms with E-state index in [-0.39, 0.29) is 0 Å². The number of rotatable bonds is 5. The average Bonchev–Trinajstić information content (AvgIpc) is 2.68. The van der Waals surface area contributed by atoms with E-state index in [2.05, 4.69) is 12.1 Å². The highest BCUT2D eigenvalue weighted by molar-refractivity contribution is 5.49. The van der Waals surface area contributed by atoms with Gasteiger partial charge in [-0.05, 0) is 60.7 Å². The van der Waals surface area contributed by atoms with Crippen LogP contribution in [0.4, 0.5) is 11.4 Å². The normalized spacial score (nSPS) is 14.6. The number of anilines is 2. The second-order valence-corrected chi connectivity index (χ2v) is 7.42. The first-order chi connectivity index (χ1) is 13.7. The number of hydrogen-bond acceptors (Lipinski definition) is 4. The van der Waals surface area contributed by atoms with Crippen LogP contribution < -0.4 is 20.9 Å². The summed E-state index contributed by atoms with van der Waals surface area (Å²) in [6, 6.07) is 21.1. The SMILES string of the molecule is Nc1cccc(Oc2cc(Oc3cccc(N)c3)cc(C3CCCCC3)c2)c1. The Morgan fingerprint density at radius 3 is 1.64 bits per heavy atom. The van der Waals surface area contributed by atoms with E-state index in [0.29, 0.717) is 17.3 Å². The molecule has 1 aliphatic carbocycles. The highest BCUT2D eigenvalue weighted by atomic mass is 16.5. The van der Waals surface area contributed by atoms with Crippen LogP contribution in [0.1, 0.15) is 43.6 Å². The van der Waals surface area contributed by atoms with Crippen molar-refractivity contribution in [2.75, 3.05) is 11.5 Å². The van der Waals surface area contributed by atoms with Gasteiger partial charge in [0.15, 0.2) is 0 Å².